The van der Waals surface area contributed by atoms with Gasteiger partial charge in [0.1, 0.15) is 23.1 Å². The zero-order valence-electron chi connectivity index (χ0n) is 25.4. The molecule has 0 unspecified atom stereocenters. The van der Waals surface area contributed by atoms with Gasteiger partial charge in [-0.15, -0.1) is 0 Å². The van der Waals surface area contributed by atoms with E-state index in [4.69, 9.17) is 14.5 Å². The number of imidazole rings is 1. The molecule has 0 saturated carbocycles. The van der Waals surface area contributed by atoms with Gasteiger partial charge >= 0.3 is 0 Å². The van der Waals surface area contributed by atoms with Crippen molar-refractivity contribution in [2.24, 2.45) is 0 Å². The number of methoxy groups -OCH3 is 2. The summed E-state index contributed by atoms with van der Waals surface area (Å²) in [7, 11) is 3.31. The van der Waals surface area contributed by atoms with Crippen LogP contribution in [0.4, 0.5) is 0 Å². The number of rotatable bonds is 14. The lowest BCUT2D eigenvalue weighted by atomic mass is 10.0. The highest BCUT2D eigenvalue weighted by Gasteiger charge is 2.21. The molecule has 0 spiro atoms. The summed E-state index contributed by atoms with van der Waals surface area (Å²) in [6.45, 7) is 3.89. The third-order valence-electron chi connectivity index (χ3n) is 8.13. The van der Waals surface area contributed by atoms with Gasteiger partial charge in [0.15, 0.2) is 0 Å². The highest BCUT2D eigenvalue weighted by atomic mass is 16.5. The van der Waals surface area contributed by atoms with E-state index < -0.39 is 0 Å². The van der Waals surface area contributed by atoms with Crippen LogP contribution in [-0.2, 0) is 16.0 Å². The van der Waals surface area contributed by atoms with E-state index in [2.05, 4.69) is 33.5 Å². The number of aromatic nitrogens is 3. The summed E-state index contributed by atoms with van der Waals surface area (Å²) in [4.78, 5) is 36.9. The number of amides is 1. The van der Waals surface area contributed by atoms with Crippen LogP contribution in [0, 0.1) is 6.92 Å². The lowest BCUT2D eigenvalue weighted by Gasteiger charge is -2.17. The Morgan fingerprint density at radius 1 is 0.953 bits per heavy atom. The number of aryl methyl sites for hydroxylation is 1. The number of hydrogen-bond acceptors (Lipinski definition) is 5. The van der Waals surface area contributed by atoms with Crippen molar-refractivity contribution in [3.05, 3.63) is 77.9 Å². The van der Waals surface area contributed by atoms with E-state index >= 15 is 0 Å². The van der Waals surface area contributed by atoms with Gasteiger partial charge in [-0.25, -0.2) is 4.98 Å². The fourth-order valence-corrected chi connectivity index (χ4v) is 5.67. The largest absolute Gasteiger partial charge is 0.497 e. The first-order valence-electron chi connectivity index (χ1n) is 15.0. The Balaban J connectivity index is 1.38. The number of H-pyrrole nitrogens is 2. The summed E-state index contributed by atoms with van der Waals surface area (Å²) in [5.74, 6) is 2.40. The van der Waals surface area contributed by atoms with Crippen molar-refractivity contribution < 1.29 is 19.1 Å². The predicted molar refractivity (Wildman–Crippen MR) is 171 cm³/mol. The summed E-state index contributed by atoms with van der Waals surface area (Å²) in [6, 6.07) is 17.8. The number of nitrogens with zero attached hydrogens (tertiary/aromatic N) is 1. The Kier molecular flexibility index (Phi) is 9.45. The van der Waals surface area contributed by atoms with Gasteiger partial charge < -0.3 is 24.8 Å². The highest BCUT2D eigenvalue weighted by Crippen LogP contribution is 2.34. The van der Waals surface area contributed by atoms with Crippen LogP contribution < -0.4 is 14.8 Å². The lowest BCUT2D eigenvalue weighted by molar-refractivity contribution is -0.121. The number of aromatic amines is 2. The number of benzene rings is 3. The smallest absolute Gasteiger partial charge is 0.225 e. The fraction of sp³-hybridized carbons (Fsp3) is 0.343. The number of carbonyl (C=O) groups is 2. The lowest BCUT2D eigenvalue weighted by Crippen LogP contribution is -2.30. The van der Waals surface area contributed by atoms with Crippen molar-refractivity contribution >= 4 is 33.4 Å². The molecule has 8 nitrogen and oxygen atoms in total. The van der Waals surface area contributed by atoms with Gasteiger partial charge in [-0.05, 0) is 66.4 Å². The van der Waals surface area contributed by atoms with Crippen molar-refractivity contribution in [3.63, 3.8) is 0 Å². The predicted octanol–water partition coefficient (Wildman–Crippen LogP) is 7.37. The van der Waals surface area contributed by atoms with Crippen LogP contribution in [0.15, 0.2) is 60.8 Å². The Morgan fingerprint density at radius 2 is 1.74 bits per heavy atom. The standard InChI is InChI=1S/C35H40N4O4/c1-5-25(40)13-7-6-8-14-31(38-34(41)20-27-22(2)37-30-16-15-26(42-3)19-28(27)30)35-36-21-32(39-35)29-17-23-11-9-10-12-24(23)18-33(29)43-4/h9-12,15-19,21,31,37H,5-8,13-14,20H2,1-4H3,(H,36,39)(H,38,41)/t31-/m0/s1. The molecule has 1 amide bonds. The van der Waals surface area contributed by atoms with Gasteiger partial charge in [0.05, 0.1) is 38.6 Å². The number of ketones is 1. The monoisotopic (exact) mass is 580 g/mol. The fourth-order valence-electron chi connectivity index (χ4n) is 5.67. The molecule has 5 rings (SSSR count). The van der Waals surface area contributed by atoms with Crippen LogP contribution in [0.25, 0.3) is 32.9 Å². The van der Waals surface area contributed by atoms with Crippen molar-refractivity contribution in [1.29, 1.82) is 0 Å². The molecule has 0 aliphatic heterocycles. The molecule has 0 aliphatic rings. The topological polar surface area (TPSA) is 109 Å². The second-order valence-corrected chi connectivity index (χ2v) is 11.0. The highest BCUT2D eigenvalue weighted by molar-refractivity contribution is 5.91. The summed E-state index contributed by atoms with van der Waals surface area (Å²) < 4.78 is 11.1. The Hall–Kier alpha value is -4.59. The van der Waals surface area contributed by atoms with E-state index in [0.29, 0.717) is 25.1 Å². The summed E-state index contributed by atoms with van der Waals surface area (Å²) in [6.07, 6.45) is 6.53. The quantitative estimate of drug-likeness (QED) is 0.119. The first kappa shape index (κ1) is 29.9. The number of carbonyl (C=O) groups excluding carboxylic acids is 2. The van der Waals surface area contributed by atoms with E-state index in [-0.39, 0.29) is 24.2 Å². The number of ether oxygens (including phenoxy) is 2. The molecule has 0 radical (unpaired) electrons. The summed E-state index contributed by atoms with van der Waals surface area (Å²) in [5, 5.41) is 6.43. The Bertz CT molecular complexity index is 1730. The van der Waals surface area contributed by atoms with Crippen molar-refractivity contribution in [1.82, 2.24) is 20.3 Å². The molecular weight excluding hydrogens is 540 g/mol. The summed E-state index contributed by atoms with van der Waals surface area (Å²) in [5.41, 5.74) is 4.61. The summed E-state index contributed by atoms with van der Waals surface area (Å²) >= 11 is 0. The van der Waals surface area contributed by atoms with Gasteiger partial charge in [0, 0.05) is 35.0 Å². The number of hydrogen-bond donors (Lipinski definition) is 3. The molecular formula is C35H40N4O4. The van der Waals surface area contributed by atoms with Gasteiger partial charge in [0.2, 0.25) is 5.91 Å². The molecule has 0 aliphatic carbocycles. The minimum Gasteiger partial charge on any atom is -0.497 e. The number of Topliss-reactive ketones (excluding diaryl/α,β-unsaturated/α-hetero) is 1. The van der Waals surface area contributed by atoms with Crippen LogP contribution in [0.5, 0.6) is 11.5 Å². The van der Waals surface area contributed by atoms with Crippen LogP contribution >= 0.6 is 0 Å². The number of unbranched alkanes of at least 4 members (excludes halogenated alkanes) is 2. The van der Waals surface area contributed by atoms with Gasteiger partial charge in [-0.3, -0.25) is 9.59 Å². The number of nitrogens with one attached hydrogen (secondary N) is 3. The molecule has 2 aromatic heterocycles. The van der Waals surface area contributed by atoms with E-state index in [1.807, 2.05) is 50.2 Å². The van der Waals surface area contributed by atoms with Crippen molar-refractivity contribution in [3.8, 4) is 22.8 Å². The Morgan fingerprint density at radius 3 is 2.49 bits per heavy atom. The van der Waals surface area contributed by atoms with E-state index in [1.54, 1.807) is 20.4 Å². The zero-order chi connectivity index (χ0) is 30.3. The van der Waals surface area contributed by atoms with E-state index in [1.165, 1.54) is 0 Å². The Labute approximate surface area is 252 Å². The van der Waals surface area contributed by atoms with Crippen molar-refractivity contribution in [2.45, 2.75) is 64.8 Å². The third-order valence-corrected chi connectivity index (χ3v) is 8.13. The van der Waals surface area contributed by atoms with Crippen LogP contribution in [-0.4, -0.2) is 40.9 Å². The van der Waals surface area contributed by atoms with Crippen LogP contribution in [0.1, 0.15) is 68.6 Å². The molecule has 224 valence electrons. The van der Waals surface area contributed by atoms with Crippen molar-refractivity contribution in [2.75, 3.05) is 14.2 Å². The van der Waals surface area contributed by atoms with Crippen LogP contribution in [0.2, 0.25) is 0 Å². The van der Waals surface area contributed by atoms with Crippen LogP contribution in [0.3, 0.4) is 0 Å². The maximum atomic E-state index is 13.5. The van der Waals surface area contributed by atoms with E-state index in [0.717, 1.165) is 75.0 Å². The second-order valence-electron chi connectivity index (χ2n) is 11.0. The van der Waals surface area contributed by atoms with Gasteiger partial charge in [-0.2, -0.15) is 0 Å². The second kappa shape index (κ2) is 13.6. The first-order valence-corrected chi connectivity index (χ1v) is 15.0. The molecule has 0 saturated heterocycles. The van der Waals surface area contributed by atoms with Gasteiger partial charge in [-0.1, -0.05) is 44.0 Å². The zero-order valence-corrected chi connectivity index (χ0v) is 25.4. The molecule has 1 atom stereocenters. The average Bonchev–Trinajstić information content (AvgIpc) is 3.63. The first-order chi connectivity index (χ1) is 20.9. The molecule has 3 N–H and O–H groups in total. The molecule has 2 heterocycles. The molecule has 8 heteroatoms. The van der Waals surface area contributed by atoms with E-state index in [9.17, 15) is 9.59 Å². The minimum atomic E-state index is -0.311. The molecule has 5 aromatic rings. The maximum absolute atomic E-state index is 13.5. The average molecular weight is 581 g/mol. The maximum Gasteiger partial charge on any atom is 0.225 e. The molecule has 0 fully saturated rings. The van der Waals surface area contributed by atoms with Gasteiger partial charge in [0.25, 0.3) is 0 Å². The molecule has 43 heavy (non-hydrogen) atoms. The SMILES string of the molecule is CCC(=O)CCCCC[C@H](NC(=O)Cc1c(C)[nH]c2ccc(OC)cc12)c1ncc(-c2cc3ccccc3cc2OC)[nH]1. The normalized spacial score (nSPS) is 12.0. The number of fused-ring (bicyclic) bond motifs is 2. The third kappa shape index (κ3) is 6.91. The minimum absolute atomic E-state index is 0.0841. The molecule has 0 bridgehead atoms. The molecule has 3 aromatic carbocycles.